The van der Waals surface area contributed by atoms with Crippen LogP contribution in [0.15, 0.2) is 58.3 Å². The zero-order valence-corrected chi connectivity index (χ0v) is 24.3. The van der Waals surface area contributed by atoms with Gasteiger partial charge in [-0.2, -0.15) is 0 Å². The van der Waals surface area contributed by atoms with Crippen molar-refractivity contribution in [1.82, 2.24) is 24.8 Å². The number of hydrazine groups is 1. The molecule has 0 fully saturated rings. The zero-order valence-electron chi connectivity index (χ0n) is 22.7. The highest BCUT2D eigenvalue weighted by atomic mass is 32.2. The molecule has 0 aliphatic carbocycles. The summed E-state index contributed by atoms with van der Waals surface area (Å²) in [6.45, 7) is 6.41. The van der Waals surface area contributed by atoms with E-state index in [-0.39, 0.29) is 4.90 Å². The Balaban J connectivity index is 0.000000397. The third kappa shape index (κ3) is 10.8. The Kier molecular flexibility index (Phi) is 12.1. The lowest BCUT2D eigenvalue weighted by atomic mass is 10.2. The monoisotopic (exact) mass is 557 g/mol. The first-order chi connectivity index (χ1) is 17.0. The van der Waals surface area contributed by atoms with Gasteiger partial charge in [0, 0.05) is 41.3 Å². The van der Waals surface area contributed by atoms with Crippen LogP contribution in [0, 0.1) is 0 Å². The first-order valence-corrected chi connectivity index (χ1v) is 14.3. The first kappa shape index (κ1) is 32.5. The number of hydrogen-bond acceptors (Lipinski definition) is 8. The van der Waals surface area contributed by atoms with Gasteiger partial charge in [0.1, 0.15) is 5.60 Å². The lowest BCUT2D eigenvalue weighted by molar-refractivity contribution is 0.0497. The van der Waals surface area contributed by atoms with Gasteiger partial charge in [-0.1, -0.05) is 24.3 Å². The van der Waals surface area contributed by atoms with E-state index in [0.717, 1.165) is 22.0 Å². The summed E-state index contributed by atoms with van der Waals surface area (Å²) in [7, 11) is 1.14. The van der Waals surface area contributed by atoms with Gasteiger partial charge in [-0.25, -0.2) is 35.7 Å². The Bertz CT molecular complexity index is 1210. The largest absolute Gasteiger partial charge is 0.443 e. The standard InChI is InChI=1S/C14H23N3O4S.C10H16N2O2S/c1-14(2,3)21-13(18)16-15-10-11-6-8-12(9-7-11)22(19,20)17(4)5;1-11-8-9-4-6-10(7-5-9)15(13,14)12(2)3/h6-9,15H,10H2,1-5H3,(H,16,18);4-7,11H,8H2,1-3H3. The number of hydrogen-bond donors (Lipinski definition) is 3. The third-order valence-corrected chi connectivity index (χ3v) is 8.33. The van der Waals surface area contributed by atoms with E-state index in [2.05, 4.69) is 16.2 Å². The van der Waals surface area contributed by atoms with E-state index in [1.54, 1.807) is 45.0 Å². The van der Waals surface area contributed by atoms with Crippen molar-refractivity contribution in [1.29, 1.82) is 0 Å². The van der Waals surface area contributed by atoms with Gasteiger partial charge in [-0.3, -0.25) is 5.43 Å². The van der Waals surface area contributed by atoms with E-state index >= 15 is 0 Å². The summed E-state index contributed by atoms with van der Waals surface area (Å²) < 4.78 is 54.7. The number of ether oxygens (including phenoxy) is 1. The molecule has 37 heavy (non-hydrogen) atoms. The molecule has 0 bridgehead atoms. The second-order valence-corrected chi connectivity index (χ2v) is 13.7. The smallest absolute Gasteiger partial charge is 0.422 e. The lowest BCUT2D eigenvalue weighted by Gasteiger charge is -2.19. The molecule has 208 valence electrons. The van der Waals surface area contributed by atoms with E-state index in [1.165, 1.54) is 44.6 Å². The molecule has 0 spiro atoms. The van der Waals surface area contributed by atoms with E-state index in [1.807, 2.05) is 19.2 Å². The van der Waals surface area contributed by atoms with Gasteiger partial charge in [-0.05, 0) is 63.2 Å². The maximum atomic E-state index is 11.9. The molecule has 0 heterocycles. The Morgan fingerprint density at radius 2 is 1.14 bits per heavy atom. The minimum absolute atomic E-state index is 0.223. The summed E-state index contributed by atoms with van der Waals surface area (Å²) in [6, 6.07) is 13.3. The molecule has 0 saturated carbocycles. The minimum atomic E-state index is -3.42. The fourth-order valence-electron chi connectivity index (χ4n) is 2.71. The van der Waals surface area contributed by atoms with Crippen LogP contribution in [0.2, 0.25) is 0 Å². The quantitative estimate of drug-likeness (QED) is 0.399. The van der Waals surface area contributed by atoms with Gasteiger partial charge in [-0.15, -0.1) is 0 Å². The summed E-state index contributed by atoms with van der Waals surface area (Å²) in [5.74, 6) is 0. The molecule has 2 aromatic carbocycles. The highest BCUT2D eigenvalue weighted by Gasteiger charge is 2.18. The summed E-state index contributed by atoms with van der Waals surface area (Å²) >= 11 is 0. The molecule has 0 atom stereocenters. The van der Waals surface area contributed by atoms with Crippen molar-refractivity contribution >= 4 is 26.1 Å². The zero-order chi connectivity index (χ0) is 28.4. The van der Waals surface area contributed by atoms with Crippen molar-refractivity contribution in [3.63, 3.8) is 0 Å². The number of carbonyl (C=O) groups excluding carboxylic acids is 1. The predicted octanol–water partition coefficient (Wildman–Crippen LogP) is 2.12. The molecular weight excluding hydrogens is 518 g/mol. The van der Waals surface area contributed by atoms with Crippen molar-refractivity contribution < 1.29 is 26.4 Å². The van der Waals surface area contributed by atoms with Crippen LogP contribution in [0.3, 0.4) is 0 Å². The average molecular weight is 558 g/mol. The summed E-state index contributed by atoms with van der Waals surface area (Å²) in [5, 5.41) is 3.01. The van der Waals surface area contributed by atoms with Crippen LogP contribution in [0.4, 0.5) is 4.79 Å². The number of amides is 1. The van der Waals surface area contributed by atoms with Gasteiger partial charge < -0.3 is 10.1 Å². The van der Waals surface area contributed by atoms with Crippen LogP contribution >= 0.6 is 0 Å². The molecule has 13 heteroatoms. The van der Waals surface area contributed by atoms with Crippen LogP contribution in [-0.4, -0.2) is 72.4 Å². The number of rotatable bonds is 9. The third-order valence-electron chi connectivity index (χ3n) is 4.67. The van der Waals surface area contributed by atoms with Crippen molar-refractivity contribution in [3.05, 3.63) is 59.7 Å². The fourth-order valence-corrected chi connectivity index (χ4v) is 4.51. The van der Waals surface area contributed by atoms with Crippen LogP contribution in [0.1, 0.15) is 31.9 Å². The number of benzene rings is 2. The Labute approximate surface area is 221 Å². The van der Waals surface area contributed by atoms with Crippen LogP contribution in [0.5, 0.6) is 0 Å². The molecule has 2 aromatic rings. The van der Waals surface area contributed by atoms with Crippen LogP contribution in [-0.2, 0) is 37.9 Å². The molecule has 1 amide bonds. The molecule has 3 N–H and O–H groups in total. The lowest BCUT2D eigenvalue weighted by Crippen LogP contribution is -2.40. The predicted molar refractivity (Wildman–Crippen MR) is 144 cm³/mol. The highest BCUT2D eigenvalue weighted by Crippen LogP contribution is 2.15. The van der Waals surface area contributed by atoms with Gasteiger partial charge >= 0.3 is 6.09 Å². The maximum Gasteiger partial charge on any atom is 0.422 e. The molecule has 0 aromatic heterocycles. The van der Waals surface area contributed by atoms with E-state index < -0.39 is 31.7 Å². The minimum Gasteiger partial charge on any atom is -0.443 e. The second-order valence-electron chi connectivity index (χ2n) is 9.37. The summed E-state index contributed by atoms with van der Waals surface area (Å²) in [5.41, 5.74) is 6.46. The van der Waals surface area contributed by atoms with E-state index in [9.17, 15) is 21.6 Å². The van der Waals surface area contributed by atoms with E-state index in [4.69, 9.17) is 4.74 Å². The fraction of sp³-hybridized carbons (Fsp3) is 0.458. The molecule has 11 nitrogen and oxygen atoms in total. The van der Waals surface area contributed by atoms with Crippen molar-refractivity contribution in [3.8, 4) is 0 Å². The average Bonchev–Trinajstić information content (AvgIpc) is 2.79. The number of nitrogens with one attached hydrogen (secondary N) is 3. The van der Waals surface area contributed by atoms with E-state index in [0.29, 0.717) is 11.4 Å². The SMILES string of the molecule is CN(C)S(=O)(=O)c1ccc(CNNC(=O)OC(C)(C)C)cc1.CNCc1ccc(S(=O)(=O)N(C)C)cc1. The summed E-state index contributed by atoms with van der Waals surface area (Å²) in [4.78, 5) is 12.0. The topological polar surface area (TPSA) is 137 Å². The van der Waals surface area contributed by atoms with Gasteiger partial charge in [0.25, 0.3) is 0 Å². The number of sulfonamides is 2. The van der Waals surface area contributed by atoms with Crippen molar-refractivity contribution in [2.75, 3.05) is 35.2 Å². The van der Waals surface area contributed by atoms with Crippen LogP contribution in [0.25, 0.3) is 0 Å². The van der Waals surface area contributed by atoms with Gasteiger partial charge in [0.05, 0.1) is 9.79 Å². The number of nitrogens with zero attached hydrogens (tertiary/aromatic N) is 2. The van der Waals surface area contributed by atoms with Crippen molar-refractivity contribution in [2.45, 2.75) is 49.3 Å². The Morgan fingerprint density at radius 3 is 1.46 bits per heavy atom. The molecule has 0 aliphatic rings. The maximum absolute atomic E-state index is 11.9. The highest BCUT2D eigenvalue weighted by molar-refractivity contribution is 7.89. The van der Waals surface area contributed by atoms with Gasteiger partial charge in [0.2, 0.25) is 20.0 Å². The molecule has 0 unspecified atom stereocenters. The van der Waals surface area contributed by atoms with Gasteiger partial charge in [0.15, 0.2) is 0 Å². The van der Waals surface area contributed by atoms with Crippen molar-refractivity contribution in [2.24, 2.45) is 0 Å². The molecule has 2 rings (SSSR count). The van der Waals surface area contributed by atoms with Crippen LogP contribution < -0.4 is 16.2 Å². The normalized spacial score (nSPS) is 12.2. The molecule has 0 radical (unpaired) electrons. The Morgan fingerprint density at radius 1 is 0.757 bits per heavy atom. The molecular formula is C24H39N5O6S2. The second kappa shape index (κ2) is 13.8. The first-order valence-electron chi connectivity index (χ1n) is 11.4. The number of carbonyl (C=O) groups is 1. The Hall–Kier alpha value is -2.55. The molecule has 0 aliphatic heterocycles. The molecule has 0 saturated heterocycles. The summed E-state index contributed by atoms with van der Waals surface area (Å²) in [6.07, 6.45) is -0.570.